The summed E-state index contributed by atoms with van der Waals surface area (Å²) >= 11 is 0. The lowest BCUT2D eigenvalue weighted by molar-refractivity contribution is -0.147. The molecule has 216 valence electrons. The van der Waals surface area contributed by atoms with Gasteiger partial charge in [0.15, 0.2) is 0 Å². The van der Waals surface area contributed by atoms with Crippen molar-refractivity contribution in [1.29, 1.82) is 0 Å². The minimum Gasteiger partial charge on any atom is -0.467 e. The van der Waals surface area contributed by atoms with Gasteiger partial charge in [-0.1, -0.05) is 111 Å². The first-order chi connectivity index (χ1) is 17.7. The largest absolute Gasteiger partial charge is 0.467 e. The van der Waals surface area contributed by atoms with Gasteiger partial charge in [-0.2, -0.15) is 0 Å². The lowest BCUT2D eigenvalue weighted by atomic mass is 9.79. The van der Waals surface area contributed by atoms with Crippen LogP contribution in [0.1, 0.15) is 151 Å². The van der Waals surface area contributed by atoms with E-state index in [0.29, 0.717) is 0 Å². The van der Waals surface area contributed by atoms with Gasteiger partial charge >= 0.3 is 5.97 Å². The third-order valence-corrected chi connectivity index (χ3v) is 8.32. The van der Waals surface area contributed by atoms with E-state index >= 15 is 0 Å². The third kappa shape index (κ3) is 12.9. The van der Waals surface area contributed by atoms with Crippen molar-refractivity contribution in [3.8, 4) is 0 Å². The van der Waals surface area contributed by atoms with E-state index in [2.05, 4.69) is 53.8 Å². The topological polar surface area (TPSA) is 47.6 Å². The van der Waals surface area contributed by atoms with Crippen molar-refractivity contribution >= 4 is 5.97 Å². The van der Waals surface area contributed by atoms with Crippen molar-refractivity contribution in [2.24, 2.45) is 5.92 Å². The molecule has 0 aromatic rings. The minimum atomic E-state index is -0.321. The van der Waals surface area contributed by atoms with Crippen molar-refractivity contribution < 1.29 is 14.3 Å². The Kier molecular flexibility index (Phi) is 17.2. The molecule has 2 unspecified atom stereocenters. The number of ether oxygens (including phenoxy) is 2. The fraction of sp³-hybridized carbons (Fsp3) is 0.848. The van der Waals surface area contributed by atoms with Gasteiger partial charge in [0.2, 0.25) is 0 Å². The number of unbranched alkanes of at least 4 members (excludes halogenated alkanes) is 13. The minimum absolute atomic E-state index is 0.000497. The average Bonchev–Trinajstić information content (AvgIpc) is 2.87. The standard InChI is InChI=1S/C33H61NO3/c1-9-11-12-13-14-15-16-17-18-19-20-21-22-23-24-33(6,7)34-31-26(3)27(4)32(28(5)29(31)10-2)37-25-30(35)36-8/h27,32,34H,9-25H2,1-8H3. The summed E-state index contributed by atoms with van der Waals surface area (Å²) < 4.78 is 10.8. The fourth-order valence-corrected chi connectivity index (χ4v) is 5.71. The molecule has 0 amide bonds. The van der Waals surface area contributed by atoms with E-state index in [9.17, 15) is 4.79 Å². The average molecular weight is 520 g/mol. The van der Waals surface area contributed by atoms with Crippen molar-refractivity contribution in [1.82, 2.24) is 5.32 Å². The van der Waals surface area contributed by atoms with Gasteiger partial charge < -0.3 is 14.8 Å². The van der Waals surface area contributed by atoms with Crippen LogP contribution in [0.3, 0.4) is 0 Å². The van der Waals surface area contributed by atoms with Crippen LogP contribution in [-0.2, 0) is 14.3 Å². The van der Waals surface area contributed by atoms with Crippen molar-refractivity contribution in [2.45, 2.75) is 163 Å². The highest BCUT2D eigenvalue weighted by Gasteiger charge is 2.33. The van der Waals surface area contributed by atoms with Gasteiger partial charge in [0, 0.05) is 17.2 Å². The van der Waals surface area contributed by atoms with Gasteiger partial charge in [-0.25, -0.2) is 4.79 Å². The van der Waals surface area contributed by atoms with E-state index in [-0.39, 0.29) is 30.1 Å². The number of carbonyl (C=O) groups excluding carboxylic acids is 1. The molecule has 0 fully saturated rings. The van der Waals surface area contributed by atoms with Crippen LogP contribution in [0, 0.1) is 5.92 Å². The maximum atomic E-state index is 11.6. The molecule has 0 saturated carbocycles. The molecule has 1 rings (SSSR count). The zero-order valence-electron chi connectivity index (χ0n) is 25.9. The number of allylic oxidation sites excluding steroid dienone is 1. The maximum absolute atomic E-state index is 11.6. The number of carbonyl (C=O) groups is 1. The molecule has 0 aromatic carbocycles. The Morgan fingerprint density at radius 1 is 0.811 bits per heavy atom. The smallest absolute Gasteiger partial charge is 0.331 e. The first-order valence-corrected chi connectivity index (χ1v) is 15.6. The van der Waals surface area contributed by atoms with E-state index in [1.165, 1.54) is 126 Å². The first-order valence-electron chi connectivity index (χ1n) is 15.6. The summed E-state index contributed by atoms with van der Waals surface area (Å²) in [6, 6.07) is 0. The monoisotopic (exact) mass is 519 g/mol. The van der Waals surface area contributed by atoms with Crippen LogP contribution in [0.5, 0.6) is 0 Å². The summed E-state index contributed by atoms with van der Waals surface area (Å²) in [7, 11) is 1.41. The number of nitrogens with one attached hydrogen (secondary N) is 1. The Labute approximate surface area is 230 Å². The van der Waals surface area contributed by atoms with Gasteiger partial charge in [0.05, 0.1) is 13.2 Å². The Hall–Kier alpha value is -1.29. The fourth-order valence-electron chi connectivity index (χ4n) is 5.71. The summed E-state index contributed by atoms with van der Waals surface area (Å²) in [5, 5.41) is 3.92. The molecule has 2 atom stereocenters. The number of esters is 1. The predicted molar refractivity (Wildman–Crippen MR) is 159 cm³/mol. The predicted octanol–water partition coefficient (Wildman–Crippen LogP) is 9.43. The van der Waals surface area contributed by atoms with Crippen molar-refractivity contribution in [3.05, 3.63) is 22.4 Å². The molecule has 0 bridgehead atoms. The van der Waals surface area contributed by atoms with Gasteiger partial charge in [-0.3, -0.25) is 0 Å². The van der Waals surface area contributed by atoms with Crippen LogP contribution in [0.2, 0.25) is 0 Å². The zero-order valence-corrected chi connectivity index (χ0v) is 25.9. The highest BCUT2D eigenvalue weighted by molar-refractivity contribution is 5.70. The van der Waals surface area contributed by atoms with Crippen LogP contribution in [0.15, 0.2) is 22.4 Å². The van der Waals surface area contributed by atoms with Crippen LogP contribution < -0.4 is 5.32 Å². The molecular formula is C33H61NO3. The first kappa shape index (κ1) is 33.7. The Morgan fingerprint density at radius 2 is 1.30 bits per heavy atom. The second-order valence-corrected chi connectivity index (χ2v) is 12.0. The van der Waals surface area contributed by atoms with Crippen molar-refractivity contribution in [3.63, 3.8) is 0 Å². The van der Waals surface area contributed by atoms with E-state index < -0.39 is 0 Å². The van der Waals surface area contributed by atoms with Crippen LogP contribution in [-0.4, -0.2) is 31.3 Å². The third-order valence-electron chi connectivity index (χ3n) is 8.32. The molecular weight excluding hydrogens is 458 g/mol. The van der Waals surface area contributed by atoms with Gasteiger partial charge in [-0.05, 0) is 57.3 Å². The van der Waals surface area contributed by atoms with E-state index in [0.717, 1.165) is 6.42 Å². The summed E-state index contributed by atoms with van der Waals surface area (Å²) in [4.78, 5) is 11.6. The van der Waals surface area contributed by atoms with E-state index in [4.69, 9.17) is 9.47 Å². The quantitative estimate of drug-likeness (QED) is 0.121. The second-order valence-electron chi connectivity index (χ2n) is 12.0. The molecule has 0 spiro atoms. The SMILES string of the molecule is CCCCCCCCCCCCCCCCC(C)(C)NC1=C(C)C(C)C(OCC(=O)OC)C(C)=C1CC. The molecule has 1 aliphatic carbocycles. The van der Waals surface area contributed by atoms with E-state index in [1.54, 1.807) is 0 Å². The normalized spacial score (nSPS) is 18.5. The Morgan fingerprint density at radius 3 is 1.76 bits per heavy atom. The van der Waals surface area contributed by atoms with Crippen LogP contribution in [0.25, 0.3) is 0 Å². The molecule has 0 saturated heterocycles. The lowest BCUT2D eigenvalue weighted by Gasteiger charge is -2.39. The summed E-state index contributed by atoms with van der Waals surface area (Å²) in [6.07, 6.45) is 21.6. The second kappa shape index (κ2) is 18.9. The van der Waals surface area contributed by atoms with E-state index in [1.807, 2.05) is 0 Å². The number of hydrogen-bond acceptors (Lipinski definition) is 4. The summed E-state index contributed by atoms with van der Waals surface area (Å²) in [5.74, 6) is -0.0998. The molecule has 4 nitrogen and oxygen atoms in total. The molecule has 0 aromatic heterocycles. The lowest BCUT2D eigenvalue weighted by Crippen LogP contribution is -2.42. The molecule has 1 aliphatic rings. The Balaban J connectivity index is 2.38. The molecule has 0 heterocycles. The molecule has 4 heteroatoms. The van der Waals surface area contributed by atoms with Crippen LogP contribution in [0.4, 0.5) is 0 Å². The molecule has 0 radical (unpaired) electrons. The summed E-state index contributed by atoms with van der Waals surface area (Å²) in [6.45, 7) is 15.7. The highest BCUT2D eigenvalue weighted by atomic mass is 16.6. The maximum Gasteiger partial charge on any atom is 0.331 e. The number of methoxy groups -OCH3 is 1. The summed E-state index contributed by atoms with van der Waals surface area (Å²) in [5.41, 5.74) is 5.24. The van der Waals surface area contributed by atoms with Gasteiger partial charge in [0.25, 0.3) is 0 Å². The molecule has 37 heavy (non-hydrogen) atoms. The molecule has 1 N–H and O–H groups in total. The molecule has 0 aliphatic heterocycles. The zero-order chi connectivity index (χ0) is 27.7. The van der Waals surface area contributed by atoms with Gasteiger partial charge in [-0.15, -0.1) is 0 Å². The van der Waals surface area contributed by atoms with Crippen LogP contribution >= 0.6 is 0 Å². The number of rotatable bonds is 21. The van der Waals surface area contributed by atoms with Crippen molar-refractivity contribution in [2.75, 3.05) is 13.7 Å². The Bertz CT molecular complexity index is 706. The highest BCUT2D eigenvalue weighted by Crippen LogP contribution is 2.37. The number of hydrogen-bond donors (Lipinski definition) is 1. The van der Waals surface area contributed by atoms with Gasteiger partial charge in [0.1, 0.15) is 6.61 Å².